The average Bonchev–Trinajstić information content (AvgIpc) is 2.46. The monoisotopic (exact) mass is 314 g/mol. The van der Waals surface area contributed by atoms with E-state index in [1.54, 1.807) is 6.20 Å². The molecule has 0 spiro atoms. The van der Waals surface area contributed by atoms with Crippen molar-refractivity contribution in [1.29, 1.82) is 5.26 Å². The van der Waals surface area contributed by atoms with E-state index < -0.39 is 5.91 Å². The molecule has 1 aliphatic rings. The van der Waals surface area contributed by atoms with Crippen LogP contribution in [0.1, 0.15) is 31.5 Å². The molecule has 114 valence electrons. The maximum absolute atomic E-state index is 11.8. The van der Waals surface area contributed by atoms with Gasteiger partial charge >= 0.3 is 0 Å². The second kappa shape index (κ2) is 5.95. The third-order valence-electron chi connectivity index (χ3n) is 4.09. The lowest BCUT2D eigenvalue weighted by atomic mass is 9.93. The van der Waals surface area contributed by atoms with E-state index in [0.29, 0.717) is 17.0 Å². The van der Waals surface area contributed by atoms with Gasteiger partial charge in [0.05, 0.1) is 16.2 Å². The van der Waals surface area contributed by atoms with E-state index in [1.807, 2.05) is 32.3 Å². The minimum Gasteiger partial charge on any atom is -0.315 e. The van der Waals surface area contributed by atoms with Gasteiger partial charge in [-0.25, -0.2) is 0 Å². The largest absolute Gasteiger partial charge is 0.315 e. The molecule has 6 heteroatoms. The third kappa shape index (κ3) is 2.91. The highest BCUT2D eigenvalue weighted by molar-refractivity contribution is 7.80. The van der Waals surface area contributed by atoms with Gasteiger partial charge in [0.2, 0.25) is 0 Å². The van der Waals surface area contributed by atoms with Crippen LogP contribution >= 0.6 is 12.2 Å². The number of aromatic nitrogens is 1. The highest BCUT2D eigenvalue weighted by Crippen LogP contribution is 2.28. The molecule has 0 fully saturated rings. The van der Waals surface area contributed by atoms with Gasteiger partial charge in [-0.3, -0.25) is 14.7 Å². The SMILES string of the molecule is CN(C)C(C)(C)c1ccc(C2=C(C#N)C(=O)NC(=S)C2)cn1. The number of nitriles is 1. The number of pyridine rings is 1. The molecule has 0 bridgehead atoms. The summed E-state index contributed by atoms with van der Waals surface area (Å²) in [6.07, 6.45) is 2.08. The Balaban J connectivity index is 2.44. The van der Waals surface area contributed by atoms with E-state index in [9.17, 15) is 10.1 Å². The summed E-state index contributed by atoms with van der Waals surface area (Å²) in [6, 6.07) is 5.77. The average molecular weight is 314 g/mol. The maximum Gasteiger partial charge on any atom is 0.267 e. The number of carbonyl (C=O) groups excluding carboxylic acids is 1. The molecule has 0 saturated carbocycles. The number of nitrogens with zero attached hydrogens (tertiary/aromatic N) is 3. The molecule has 0 atom stereocenters. The van der Waals surface area contributed by atoms with E-state index in [2.05, 4.69) is 29.0 Å². The summed E-state index contributed by atoms with van der Waals surface area (Å²) < 4.78 is 0. The van der Waals surface area contributed by atoms with Crippen LogP contribution < -0.4 is 5.32 Å². The normalized spacial score (nSPS) is 15.8. The molecule has 0 saturated heterocycles. The van der Waals surface area contributed by atoms with E-state index in [1.165, 1.54) is 0 Å². The fraction of sp³-hybridized carbons (Fsp3) is 0.375. The Hall–Kier alpha value is -2.10. The highest BCUT2D eigenvalue weighted by Gasteiger charge is 2.27. The second-order valence-electron chi connectivity index (χ2n) is 5.90. The summed E-state index contributed by atoms with van der Waals surface area (Å²) in [5.41, 5.74) is 2.22. The third-order valence-corrected chi connectivity index (χ3v) is 4.33. The topological polar surface area (TPSA) is 69.0 Å². The molecule has 0 radical (unpaired) electrons. The second-order valence-corrected chi connectivity index (χ2v) is 6.40. The highest BCUT2D eigenvalue weighted by atomic mass is 32.1. The molecule has 1 aromatic rings. The number of hydrogen-bond acceptors (Lipinski definition) is 5. The number of thiocarbonyl (C=S) groups is 1. The van der Waals surface area contributed by atoms with Crippen LogP contribution in [0.25, 0.3) is 5.57 Å². The number of carbonyl (C=O) groups is 1. The Labute approximate surface area is 135 Å². The van der Waals surface area contributed by atoms with Crippen LogP contribution in [-0.2, 0) is 10.3 Å². The van der Waals surface area contributed by atoms with Crippen molar-refractivity contribution in [3.63, 3.8) is 0 Å². The van der Waals surface area contributed by atoms with Crippen LogP contribution in [0.5, 0.6) is 0 Å². The lowest BCUT2D eigenvalue weighted by Crippen LogP contribution is -2.36. The zero-order valence-corrected chi connectivity index (χ0v) is 13.9. The van der Waals surface area contributed by atoms with Crippen molar-refractivity contribution in [2.75, 3.05) is 14.1 Å². The predicted octanol–water partition coefficient (Wildman–Crippen LogP) is 2.00. The molecular formula is C16H18N4OS. The molecule has 1 amide bonds. The smallest absolute Gasteiger partial charge is 0.267 e. The van der Waals surface area contributed by atoms with Crippen LogP contribution in [0.4, 0.5) is 0 Å². The molecule has 2 rings (SSSR count). The van der Waals surface area contributed by atoms with Gasteiger partial charge in [-0.1, -0.05) is 18.3 Å². The first-order valence-corrected chi connectivity index (χ1v) is 7.30. The minimum atomic E-state index is -0.438. The number of nitrogens with one attached hydrogen (secondary N) is 1. The van der Waals surface area contributed by atoms with Crippen LogP contribution in [-0.4, -0.2) is 34.9 Å². The minimum absolute atomic E-state index is 0.106. The fourth-order valence-electron chi connectivity index (χ4n) is 2.15. The van der Waals surface area contributed by atoms with Gasteiger partial charge in [0.1, 0.15) is 11.6 Å². The summed E-state index contributed by atoms with van der Waals surface area (Å²) in [5.74, 6) is -0.438. The zero-order valence-electron chi connectivity index (χ0n) is 13.1. The van der Waals surface area contributed by atoms with Gasteiger partial charge in [0.25, 0.3) is 5.91 Å². The Kier molecular flexibility index (Phi) is 4.40. The van der Waals surface area contributed by atoms with Crippen LogP contribution in [0.15, 0.2) is 23.9 Å². The van der Waals surface area contributed by atoms with Gasteiger partial charge < -0.3 is 5.32 Å². The molecule has 0 unspecified atom stereocenters. The van der Waals surface area contributed by atoms with Crippen molar-refractivity contribution in [2.45, 2.75) is 25.8 Å². The van der Waals surface area contributed by atoms with E-state index in [-0.39, 0.29) is 11.1 Å². The summed E-state index contributed by atoms with van der Waals surface area (Å²) in [7, 11) is 3.99. The first-order chi connectivity index (χ1) is 10.3. The van der Waals surface area contributed by atoms with E-state index in [4.69, 9.17) is 12.2 Å². The van der Waals surface area contributed by atoms with Crippen molar-refractivity contribution >= 4 is 28.7 Å². The van der Waals surface area contributed by atoms with Gasteiger partial charge in [-0.05, 0) is 45.1 Å². The van der Waals surface area contributed by atoms with Gasteiger partial charge in [-0.2, -0.15) is 5.26 Å². The van der Waals surface area contributed by atoms with Crippen molar-refractivity contribution in [2.24, 2.45) is 0 Å². The summed E-state index contributed by atoms with van der Waals surface area (Å²) in [6.45, 7) is 4.16. The lowest BCUT2D eigenvalue weighted by Gasteiger charge is -2.32. The molecule has 1 aromatic heterocycles. The van der Waals surface area contributed by atoms with Gasteiger partial charge in [-0.15, -0.1) is 0 Å². The van der Waals surface area contributed by atoms with Crippen LogP contribution in [0, 0.1) is 11.3 Å². The Bertz CT molecular complexity index is 696. The summed E-state index contributed by atoms with van der Waals surface area (Å²) in [5, 5.41) is 11.7. The molecule has 22 heavy (non-hydrogen) atoms. The molecule has 0 aliphatic carbocycles. The van der Waals surface area contributed by atoms with Crippen LogP contribution in [0.2, 0.25) is 0 Å². The maximum atomic E-state index is 11.8. The van der Waals surface area contributed by atoms with Crippen molar-refractivity contribution in [3.05, 3.63) is 35.2 Å². The molecule has 2 heterocycles. The first-order valence-electron chi connectivity index (χ1n) is 6.89. The number of rotatable bonds is 3. The Morgan fingerprint density at radius 2 is 2.09 bits per heavy atom. The Morgan fingerprint density at radius 1 is 1.41 bits per heavy atom. The summed E-state index contributed by atoms with van der Waals surface area (Å²) in [4.78, 5) is 18.8. The van der Waals surface area contributed by atoms with Crippen molar-refractivity contribution in [1.82, 2.24) is 15.2 Å². The zero-order chi connectivity index (χ0) is 16.5. The molecule has 0 aromatic carbocycles. The standard InChI is InChI=1S/C16H18N4OS/c1-16(2,20(3)4)13-6-5-10(9-18-13)11-7-14(22)19-15(21)12(11)8-17/h5-6,9H,7H2,1-4H3,(H,19,21,22). The fourth-order valence-corrected chi connectivity index (χ4v) is 2.38. The Morgan fingerprint density at radius 3 is 2.59 bits per heavy atom. The molecule has 5 nitrogen and oxygen atoms in total. The van der Waals surface area contributed by atoms with E-state index >= 15 is 0 Å². The van der Waals surface area contributed by atoms with Crippen molar-refractivity contribution < 1.29 is 4.79 Å². The number of amides is 1. The van der Waals surface area contributed by atoms with Gasteiger partial charge in [0, 0.05) is 12.6 Å². The predicted molar refractivity (Wildman–Crippen MR) is 88.8 cm³/mol. The lowest BCUT2D eigenvalue weighted by molar-refractivity contribution is -0.115. The van der Waals surface area contributed by atoms with Gasteiger partial charge in [0.15, 0.2) is 0 Å². The first kappa shape index (κ1) is 16.3. The van der Waals surface area contributed by atoms with E-state index in [0.717, 1.165) is 11.3 Å². The van der Waals surface area contributed by atoms with Crippen molar-refractivity contribution in [3.8, 4) is 6.07 Å². The number of hydrogen-bond donors (Lipinski definition) is 1. The molecule has 1 N–H and O–H groups in total. The molecular weight excluding hydrogens is 296 g/mol. The quantitative estimate of drug-likeness (QED) is 0.864. The molecule has 1 aliphatic heterocycles. The van der Waals surface area contributed by atoms with Crippen LogP contribution in [0.3, 0.4) is 0 Å². The summed E-state index contributed by atoms with van der Waals surface area (Å²) >= 11 is 5.08.